The highest BCUT2D eigenvalue weighted by Crippen LogP contribution is 2.32. The van der Waals surface area contributed by atoms with Crippen molar-refractivity contribution >= 4 is 22.6 Å². The molecule has 5 rings (SSSR count). The Labute approximate surface area is 187 Å². The summed E-state index contributed by atoms with van der Waals surface area (Å²) in [6.45, 7) is 4.05. The fourth-order valence-electron chi connectivity index (χ4n) is 5.05. The number of benzene rings is 1. The van der Waals surface area contributed by atoms with Crippen molar-refractivity contribution in [3.63, 3.8) is 0 Å². The van der Waals surface area contributed by atoms with Gasteiger partial charge in [-0.1, -0.05) is 17.7 Å². The average Bonchev–Trinajstić information content (AvgIpc) is 3.17. The molecule has 0 radical (unpaired) electrons. The lowest BCUT2D eigenvalue weighted by atomic mass is 9.88. The van der Waals surface area contributed by atoms with Gasteiger partial charge >= 0.3 is 0 Å². The molecule has 8 nitrogen and oxygen atoms in total. The first kappa shape index (κ1) is 20.8. The van der Waals surface area contributed by atoms with Gasteiger partial charge < -0.3 is 15.2 Å². The number of nitrogens with one attached hydrogen (secondary N) is 3. The summed E-state index contributed by atoms with van der Waals surface area (Å²) < 4.78 is 1.88. The lowest BCUT2D eigenvalue weighted by molar-refractivity contribution is -0.121. The first-order valence-corrected chi connectivity index (χ1v) is 11.5. The van der Waals surface area contributed by atoms with Gasteiger partial charge in [-0.05, 0) is 50.8 Å². The van der Waals surface area contributed by atoms with Crippen molar-refractivity contribution in [2.45, 2.75) is 50.7 Å². The number of pyridine rings is 1. The number of nitrogens with zero attached hydrogens (tertiary/aromatic N) is 3. The van der Waals surface area contributed by atoms with Gasteiger partial charge in [0.05, 0.1) is 18.1 Å². The average molecular weight is 435 g/mol. The Morgan fingerprint density at radius 3 is 2.69 bits per heavy atom. The van der Waals surface area contributed by atoms with Crippen LogP contribution >= 0.6 is 0 Å². The van der Waals surface area contributed by atoms with Gasteiger partial charge in [-0.25, -0.2) is 0 Å². The predicted molar refractivity (Wildman–Crippen MR) is 125 cm³/mol. The third-order valence-corrected chi connectivity index (χ3v) is 6.84. The predicted octanol–water partition coefficient (Wildman–Crippen LogP) is 2.43. The standard InChI is InChI=1S/C24H30N6O2/c1-16-5-10-21-20(12-16)24(28-27-21)25-13-22(31)26-17-14-29(15-17)18-6-8-19(9-7-18)30-11-3-2-4-23(30)32/h2-5,10-12,17-19H,6-9,13-15H2,1H3,(H,26,31)(H2,25,27,28)/t18-,19+. The minimum atomic E-state index is -0.00869. The van der Waals surface area contributed by atoms with Crippen LogP contribution in [0.2, 0.25) is 0 Å². The lowest BCUT2D eigenvalue weighted by Gasteiger charge is -2.46. The number of amides is 1. The molecular formula is C24H30N6O2. The molecule has 32 heavy (non-hydrogen) atoms. The molecule has 0 bridgehead atoms. The molecule has 8 heteroatoms. The zero-order valence-electron chi connectivity index (χ0n) is 18.4. The van der Waals surface area contributed by atoms with Crippen molar-refractivity contribution in [1.82, 2.24) is 25.0 Å². The highest BCUT2D eigenvalue weighted by Gasteiger charge is 2.35. The van der Waals surface area contributed by atoms with E-state index in [-0.39, 0.29) is 24.1 Å². The largest absolute Gasteiger partial charge is 0.359 e. The Balaban J connectivity index is 1.05. The van der Waals surface area contributed by atoms with Crippen molar-refractivity contribution in [3.05, 3.63) is 58.5 Å². The van der Waals surface area contributed by atoms with E-state index < -0.39 is 0 Å². The van der Waals surface area contributed by atoms with Crippen LogP contribution in [0.25, 0.3) is 10.9 Å². The number of aryl methyl sites for hydroxylation is 1. The number of H-pyrrole nitrogens is 1. The van der Waals surface area contributed by atoms with Crippen LogP contribution in [-0.4, -0.2) is 57.3 Å². The molecule has 1 amide bonds. The van der Waals surface area contributed by atoms with Crippen molar-refractivity contribution < 1.29 is 4.79 Å². The van der Waals surface area contributed by atoms with Crippen LogP contribution in [0.3, 0.4) is 0 Å². The number of fused-ring (bicyclic) bond motifs is 1. The van der Waals surface area contributed by atoms with Crippen LogP contribution in [0.5, 0.6) is 0 Å². The molecule has 3 aromatic rings. The van der Waals surface area contributed by atoms with Crippen LogP contribution in [0.15, 0.2) is 47.4 Å². The maximum Gasteiger partial charge on any atom is 0.250 e. The first-order valence-electron chi connectivity index (χ1n) is 11.5. The van der Waals surface area contributed by atoms with E-state index in [1.165, 1.54) is 0 Å². The second kappa shape index (κ2) is 8.78. The maximum atomic E-state index is 12.4. The molecule has 1 aliphatic carbocycles. The van der Waals surface area contributed by atoms with E-state index >= 15 is 0 Å². The quantitative estimate of drug-likeness (QED) is 0.554. The lowest BCUT2D eigenvalue weighted by Crippen LogP contribution is -2.63. The Morgan fingerprint density at radius 2 is 1.91 bits per heavy atom. The highest BCUT2D eigenvalue weighted by atomic mass is 16.2. The summed E-state index contributed by atoms with van der Waals surface area (Å²) in [6.07, 6.45) is 6.16. The number of carbonyl (C=O) groups excluding carboxylic acids is 1. The van der Waals surface area contributed by atoms with Crippen LogP contribution < -0.4 is 16.2 Å². The van der Waals surface area contributed by atoms with E-state index in [0.717, 1.165) is 55.2 Å². The van der Waals surface area contributed by atoms with Gasteiger partial charge in [0.25, 0.3) is 5.56 Å². The molecule has 3 heterocycles. The van der Waals surface area contributed by atoms with Crippen molar-refractivity contribution in [2.75, 3.05) is 25.0 Å². The molecule has 2 fully saturated rings. The number of rotatable bonds is 6. The number of likely N-dealkylation sites (tertiary alicyclic amines) is 1. The Kier molecular flexibility index (Phi) is 5.70. The normalized spacial score (nSPS) is 21.9. The molecule has 1 aromatic carbocycles. The third kappa shape index (κ3) is 4.27. The molecule has 0 spiro atoms. The minimum Gasteiger partial charge on any atom is -0.359 e. The zero-order valence-corrected chi connectivity index (χ0v) is 18.4. The maximum absolute atomic E-state index is 12.4. The number of anilines is 1. The number of hydrogen-bond acceptors (Lipinski definition) is 5. The number of hydrogen-bond donors (Lipinski definition) is 3. The number of aromatic amines is 1. The molecule has 1 saturated carbocycles. The fraction of sp³-hybridized carbons (Fsp3) is 0.458. The summed E-state index contributed by atoms with van der Waals surface area (Å²) in [4.78, 5) is 26.9. The van der Waals surface area contributed by atoms with E-state index in [4.69, 9.17) is 0 Å². The van der Waals surface area contributed by atoms with E-state index in [0.29, 0.717) is 17.9 Å². The summed E-state index contributed by atoms with van der Waals surface area (Å²) in [6, 6.07) is 12.5. The first-order chi connectivity index (χ1) is 15.6. The zero-order chi connectivity index (χ0) is 22.1. The van der Waals surface area contributed by atoms with Gasteiger partial charge in [0.15, 0.2) is 5.82 Å². The Hall–Kier alpha value is -3.13. The van der Waals surface area contributed by atoms with E-state index in [1.54, 1.807) is 12.1 Å². The Morgan fingerprint density at radius 1 is 1.12 bits per heavy atom. The monoisotopic (exact) mass is 434 g/mol. The molecule has 168 valence electrons. The molecule has 1 saturated heterocycles. The van der Waals surface area contributed by atoms with Crippen LogP contribution in [0.1, 0.15) is 37.3 Å². The van der Waals surface area contributed by atoms with Crippen molar-refractivity contribution in [2.24, 2.45) is 0 Å². The summed E-state index contributed by atoms with van der Waals surface area (Å²) >= 11 is 0. The minimum absolute atomic E-state index is 0.00869. The third-order valence-electron chi connectivity index (χ3n) is 6.84. The molecule has 0 unspecified atom stereocenters. The van der Waals surface area contributed by atoms with E-state index in [1.807, 2.05) is 35.9 Å². The summed E-state index contributed by atoms with van der Waals surface area (Å²) in [5.74, 6) is 0.703. The molecule has 1 aliphatic heterocycles. The molecule has 3 N–H and O–H groups in total. The van der Waals surface area contributed by atoms with E-state index in [9.17, 15) is 9.59 Å². The second-order valence-corrected chi connectivity index (χ2v) is 9.10. The molecule has 2 aliphatic rings. The van der Waals surface area contributed by atoms with Crippen LogP contribution in [0.4, 0.5) is 5.82 Å². The summed E-state index contributed by atoms with van der Waals surface area (Å²) in [5.41, 5.74) is 2.21. The van der Waals surface area contributed by atoms with Gasteiger partial charge in [0.1, 0.15) is 0 Å². The highest BCUT2D eigenvalue weighted by molar-refractivity contribution is 5.92. The number of carbonyl (C=O) groups is 1. The molecule has 2 aromatic heterocycles. The van der Waals surface area contributed by atoms with Gasteiger partial charge in [-0.3, -0.25) is 19.6 Å². The topological polar surface area (TPSA) is 95.0 Å². The van der Waals surface area contributed by atoms with Crippen LogP contribution in [-0.2, 0) is 4.79 Å². The smallest absolute Gasteiger partial charge is 0.250 e. The van der Waals surface area contributed by atoms with Gasteiger partial charge in [0, 0.05) is 42.8 Å². The van der Waals surface area contributed by atoms with Gasteiger partial charge in [0.2, 0.25) is 5.91 Å². The van der Waals surface area contributed by atoms with Gasteiger partial charge in [-0.15, -0.1) is 0 Å². The van der Waals surface area contributed by atoms with E-state index in [2.05, 4.69) is 31.8 Å². The Bertz CT molecular complexity index is 1150. The fourth-order valence-corrected chi connectivity index (χ4v) is 5.05. The number of aromatic nitrogens is 3. The SMILES string of the molecule is Cc1ccc2[nH]nc(NCC(=O)NC3CN([C@H]4CC[C@@H](n5ccccc5=O)CC4)C3)c2c1. The summed E-state index contributed by atoms with van der Waals surface area (Å²) in [7, 11) is 0. The molecule has 0 atom stereocenters. The van der Waals surface area contributed by atoms with Gasteiger partial charge in [-0.2, -0.15) is 5.10 Å². The summed E-state index contributed by atoms with van der Waals surface area (Å²) in [5, 5.41) is 14.5. The van der Waals surface area contributed by atoms with Crippen LogP contribution in [0, 0.1) is 6.92 Å². The second-order valence-electron chi connectivity index (χ2n) is 9.10. The van der Waals surface area contributed by atoms with Crippen molar-refractivity contribution in [3.8, 4) is 0 Å². The van der Waals surface area contributed by atoms with Crippen molar-refractivity contribution in [1.29, 1.82) is 0 Å². The molecular weight excluding hydrogens is 404 g/mol.